The van der Waals surface area contributed by atoms with E-state index in [1.807, 2.05) is 49.2 Å². The van der Waals surface area contributed by atoms with Crippen LogP contribution >= 0.6 is 11.3 Å². The second-order valence-corrected chi connectivity index (χ2v) is 9.12. The zero-order valence-electron chi connectivity index (χ0n) is 18.1. The van der Waals surface area contributed by atoms with Crippen LogP contribution in [0.3, 0.4) is 0 Å². The molecular weight excluding hydrogens is 404 g/mol. The van der Waals surface area contributed by atoms with E-state index in [4.69, 9.17) is 0 Å². The van der Waals surface area contributed by atoms with Crippen LogP contribution in [0.15, 0.2) is 67.0 Å². The van der Waals surface area contributed by atoms with E-state index in [-0.39, 0.29) is 5.91 Å². The normalized spacial score (nSPS) is 10.9. The molecule has 0 fully saturated rings. The minimum Gasteiger partial charge on any atom is -0.341 e. The summed E-state index contributed by atoms with van der Waals surface area (Å²) in [6.45, 7) is 5.31. The number of hydrogen-bond acceptors (Lipinski definition) is 4. The minimum absolute atomic E-state index is 0.0767. The molecule has 31 heavy (non-hydrogen) atoms. The van der Waals surface area contributed by atoms with Crippen LogP contribution in [-0.4, -0.2) is 32.6 Å². The molecule has 0 bridgehead atoms. The van der Waals surface area contributed by atoms with Crippen molar-refractivity contribution in [3.63, 3.8) is 0 Å². The van der Waals surface area contributed by atoms with Gasteiger partial charge in [0.2, 0.25) is 5.91 Å². The first kappa shape index (κ1) is 21.0. The number of thiazole rings is 1. The summed E-state index contributed by atoms with van der Waals surface area (Å²) in [4.78, 5) is 20.4. The van der Waals surface area contributed by atoms with Gasteiger partial charge in [0.15, 0.2) is 0 Å². The summed E-state index contributed by atoms with van der Waals surface area (Å²) in [5, 5.41) is 5.42. The monoisotopic (exact) mass is 430 g/mol. The van der Waals surface area contributed by atoms with Crippen LogP contribution in [0.5, 0.6) is 0 Å². The van der Waals surface area contributed by atoms with Crippen LogP contribution in [0.4, 0.5) is 0 Å². The average molecular weight is 431 g/mol. The number of aromatic nitrogens is 3. The van der Waals surface area contributed by atoms with Gasteiger partial charge in [-0.05, 0) is 19.4 Å². The van der Waals surface area contributed by atoms with Crippen LogP contribution in [0.1, 0.15) is 26.6 Å². The molecule has 0 unspecified atom stereocenters. The smallest absolute Gasteiger partial charge is 0.227 e. The van der Waals surface area contributed by atoms with Gasteiger partial charge in [-0.25, -0.2) is 4.98 Å². The van der Waals surface area contributed by atoms with Crippen molar-refractivity contribution in [2.24, 2.45) is 0 Å². The topological polar surface area (TPSA) is 51.0 Å². The van der Waals surface area contributed by atoms with Gasteiger partial charge in [-0.2, -0.15) is 5.10 Å². The molecule has 2 aromatic heterocycles. The molecule has 158 valence electrons. The van der Waals surface area contributed by atoms with Gasteiger partial charge in [0.25, 0.3) is 0 Å². The van der Waals surface area contributed by atoms with Gasteiger partial charge in [-0.3, -0.25) is 9.48 Å². The molecule has 0 aliphatic heterocycles. The van der Waals surface area contributed by atoms with E-state index in [1.54, 1.807) is 16.2 Å². The molecule has 1 amide bonds. The first-order valence-electron chi connectivity index (χ1n) is 10.3. The molecular formula is C25H26N4OS. The lowest BCUT2D eigenvalue weighted by Gasteiger charge is -2.16. The summed E-state index contributed by atoms with van der Waals surface area (Å²) < 4.78 is 1.91. The zero-order chi connectivity index (χ0) is 21.8. The Labute approximate surface area is 187 Å². The third kappa shape index (κ3) is 5.27. The van der Waals surface area contributed by atoms with Crippen LogP contribution in [0, 0.1) is 13.8 Å². The number of hydrogen-bond donors (Lipinski definition) is 0. The van der Waals surface area contributed by atoms with Crippen molar-refractivity contribution in [1.29, 1.82) is 0 Å². The Bertz CT molecular complexity index is 1160. The third-order valence-corrected chi connectivity index (χ3v) is 6.13. The maximum absolute atomic E-state index is 12.9. The van der Waals surface area contributed by atoms with E-state index < -0.39 is 0 Å². The summed E-state index contributed by atoms with van der Waals surface area (Å²) >= 11 is 1.60. The average Bonchev–Trinajstić information content (AvgIpc) is 3.35. The molecule has 6 heteroatoms. The van der Waals surface area contributed by atoms with E-state index in [0.29, 0.717) is 13.0 Å². The largest absolute Gasteiger partial charge is 0.341 e. The molecule has 0 spiro atoms. The number of amides is 1. The lowest BCUT2D eigenvalue weighted by atomic mass is 10.1. The summed E-state index contributed by atoms with van der Waals surface area (Å²) in [7, 11) is 1.84. The highest BCUT2D eigenvalue weighted by Gasteiger charge is 2.18. The van der Waals surface area contributed by atoms with Crippen molar-refractivity contribution < 1.29 is 4.79 Å². The number of nitrogens with zero attached hydrogens (tertiary/aromatic N) is 4. The highest BCUT2D eigenvalue weighted by Crippen LogP contribution is 2.29. The molecule has 2 aromatic carbocycles. The van der Waals surface area contributed by atoms with Crippen LogP contribution in [0.25, 0.3) is 11.3 Å². The van der Waals surface area contributed by atoms with Gasteiger partial charge in [0.05, 0.1) is 29.9 Å². The fraction of sp³-hybridized carbons (Fsp3) is 0.240. The summed E-state index contributed by atoms with van der Waals surface area (Å²) in [6, 6.07) is 18.5. The van der Waals surface area contributed by atoms with E-state index >= 15 is 0 Å². The van der Waals surface area contributed by atoms with E-state index in [1.165, 1.54) is 11.1 Å². The van der Waals surface area contributed by atoms with Crippen LogP contribution in [0.2, 0.25) is 0 Å². The van der Waals surface area contributed by atoms with Crippen molar-refractivity contribution in [3.8, 4) is 11.3 Å². The third-order valence-electron chi connectivity index (χ3n) is 5.16. The standard InChI is InChI=1S/C25H26N4OS/c1-18-9-11-22(12-10-18)25-23(31-19(2)27-25)13-24(30)28(3)15-21-14-26-29(17-21)16-20-7-5-4-6-8-20/h4-12,14,17H,13,15-16H2,1-3H3. The molecule has 4 aromatic rings. The summed E-state index contributed by atoms with van der Waals surface area (Å²) in [5.74, 6) is 0.0767. The number of likely N-dealkylation sites (N-methyl/N-ethyl adjacent to an activating group) is 1. The molecule has 0 radical (unpaired) electrons. The van der Waals surface area contributed by atoms with Gasteiger partial charge >= 0.3 is 0 Å². The predicted molar refractivity (Wildman–Crippen MR) is 125 cm³/mol. The van der Waals surface area contributed by atoms with E-state index in [2.05, 4.69) is 53.4 Å². The molecule has 0 aliphatic carbocycles. The van der Waals surface area contributed by atoms with Gasteiger partial charge in [-0.15, -0.1) is 11.3 Å². The SMILES string of the molecule is Cc1ccc(-c2nc(C)sc2CC(=O)N(C)Cc2cnn(Cc3ccccc3)c2)cc1. The van der Waals surface area contributed by atoms with Crippen LogP contribution in [-0.2, 0) is 24.3 Å². The molecule has 0 atom stereocenters. The molecule has 4 rings (SSSR count). The lowest BCUT2D eigenvalue weighted by Crippen LogP contribution is -2.27. The minimum atomic E-state index is 0.0767. The molecule has 2 heterocycles. The Morgan fingerprint density at radius 2 is 1.77 bits per heavy atom. The highest BCUT2D eigenvalue weighted by molar-refractivity contribution is 7.12. The summed E-state index contributed by atoms with van der Waals surface area (Å²) in [6.07, 6.45) is 4.19. The number of benzene rings is 2. The summed E-state index contributed by atoms with van der Waals surface area (Å²) in [5.41, 5.74) is 5.40. The van der Waals surface area contributed by atoms with Crippen molar-refractivity contribution in [2.45, 2.75) is 33.4 Å². The van der Waals surface area contributed by atoms with E-state index in [0.717, 1.165) is 33.3 Å². The van der Waals surface area contributed by atoms with E-state index in [9.17, 15) is 4.79 Å². The number of rotatable bonds is 7. The van der Waals surface area contributed by atoms with Gasteiger partial charge in [0, 0.05) is 35.8 Å². The number of carbonyl (C=O) groups is 1. The number of carbonyl (C=O) groups excluding carboxylic acids is 1. The van der Waals surface area contributed by atoms with Gasteiger partial charge in [-0.1, -0.05) is 60.2 Å². The lowest BCUT2D eigenvalue weighted by molar-refractivity contribution is -0.129. The second kappa shape index (κ2) is 9.27. The quantitative estimate of drug-likeness (QED) is 0.420. The molecule has 0 N–H and O–H groups in total. The Morgan fingerprint density at radius 1 is 1.03 bits per heavy atom. The Hall–Kier alpha value is -3.25. The van der Waals surface area contributed by atoms with Crippen LogP contribution < -0.4 is 0 Å². The van der Waals surface area contributed by atoms with Crippen molar-refractivity contribution in [3.05, 3.63) is 93.6 Å². The van der Waals surface area contributed by atoms with Crippen molar-refractivity contribution >= 4 is 17.2 Å². The van der Waals surface area contributed by atoms with Crippen molar-refractivity contribution in [1.82, 2.24) is 19.7 Å². The zero-order valence-corrected chi connectivity index (χ0v) is 18.9. The predicted octanol–water partition coefficient (Wildman–Crippen LogP) is 4.87. The molecule has 5 nitrogen and oxygen atoms in total. The fourth-order valence-corrected chi connectivity index (χ4v) is 4.45. The first-order valence-corrected chi connectivity index (χ1v) is 11.1. The molecule has 0 saturated carbocycles. The Morgan fingerprint density at radius 3 is 2.52 bits per heavy atom. The van der Waals surface area contributed by atoms with Gasteiger partial charge in [0.1, 0.15) is 0 Å². The molecule has 0 saturated heterocycles. The maximum atomic E-state index is 12.9. The number of aryl methyl sites for hydroxylation is 2. The highest BCUT2D eigenvalue weighted by atomic mass is 32.1. The first-order chi connectivity index (χ1) is 15.0. The maximum Gasteiger partial charge on any atom is 0.227 e. The second-order valence-electron chi connectivity index (χ2n) is 7.83. The van der Waals surface area contributed by atoms with Crippen molar-refractivity contribution in [2.75, 3.05) is 7.05 Å². The molecule has 0 aliphatic rings. The van der Waals surface area contributed by atoms with Gasteiger partial charge < -0.3 is 4.90 Å². The fourth-order valence-electron chi connectivity index (χ4n) is 3.51. The Balaban J connectivity index is 1.41. The Kier molecular flexibility index (Phi) is 6.28.